The van der Waals surface area contributed by atoms with E-state index in [0.29, 0.717) is 11.5 Å². The Bertz CT molecular complexity index is 343. The zero-order valence-electron chi connectivity index (χ0n) is 11.5. The first kappa shape index (κ1) is 13.6. The second-order valence-electron chi connectivity index (χ2n) is 5.59. The molecule has 0 amide bonds. The van der Waals surface area contributed by atoms with Gasteiger partial charge in [-0.05, 0) is 24.8 Å². The topological polar surface area (TPSA) is 38.0 Å². The van der Waals surface area contributed by atoms with Gasteiger partial charge in [0, 0.05) is 11.5 Å². The van der Waals surface area contributed by atoms with E-state index < -0.39 is 0 Å². The highest BCUT2D eigenvalue weighted by Gasteiger charge is 2.49. The molecule has 1 fully saturated rings. The third-order valence-corrected chi connectivity index (χ3v) is 4.35. The van der Waals surface area contributed by atoms with Gasteiger partial charge in [-0.1, -0.05) is 62.9 Å². The van der Waals surface area contributed by atoms with Crippen LogP contribution in [-0.4, -0.2) is 6.04 Å². The van der Waals surface area contributed by atoms with Crippen molar-refractivity contribution in [2.24, 2.45) is 5.84 Å². The predicted molar refractivity (Wildman–Crippen MR) is 77.2 cm³/mol. The van der Waals surface area contributed by atoms with E-state index in [2.05, 4.69) is 42.7 Å². The summed E-state index contributed by atoms with van der Waals surface area (Å²) < 4.78 is 0. The molecule has 1 atom stereocenters. The van der Waals surface area contributed by atoms with Crippen molar-refractivity contribution in [1.82, 2.24) is 5.43 Å². The molecule has 2 rings (SSSR count). The minimum atomic E-state index is 0.322. The van der Waals surface area contributed by atoms with Crippen LogP contribution in [0.3, 0.4) is 0 Å². The molecule has 2 heteroatoms. The molecular formula is C16H26N2. The summed E-state index contributed by atoms with van der Waals surface area (Å²) in [6.07, 6.45) is 9.02. The van der Waals surface area contributed by atoms with E-state index in [1.807, 2.05) is 0 Å². The van der Waals surface area contributed by atoms with Crippen LogP contribution in [0.4, 0.5) is 0 Å². The fraction of sp³-hybridized carbons (Fsp3) is 0.625. The Labute approximate surface area is 111 Å². The van der Waals surface area contributed by atoms with E-state index >= 15 is 0 Å². The van der Waals surface area contributed by atoms with E-state index in [1.165, 1.54) is 50.5 Å². The second kappa shape index (κ2) is 6.35. The summed E-state index contributed by atoms with van der Waals surface area (Å²) in [4.78, 5) is 0. The van der Waals surface area contributed by atoms with Crippen LogP contribution in [0.5, 0.6) is 0 Å². The number of rotatable bonds is 8. The van der Waals surface area contributed by atoms with E-state index in [1.54, 1.807) is 0 Å². The average Bonchev–Trinajstić information content (AvgIpc) is 3.21. The Kier molecular flexibility index (Phi) is 4.79. The molecule has 0 saturated heterocycles. The van der Waals surface area contributed by atoms with Gasteiger partial charge in [-0.15, -0.1) is 0 Å². The van der Waals surface area contributed by atoms with Crippen LogP contribution in [0.15, 0.2) is 30.3 Å². The highest BCUT2D eigenvalue weighted by Crippen LogP contribution is 2.51. The predicted octanol–water partition coefficient (Wildman–Crippen LogP) is 3.52. The molecule has 0 aliphatic heterocycles. The monoisotopic (exact) mass is 246 g/mol. The Morgan fingerprint density at radius 2 is 1.89 bits per heavy atom. The Balaban J connectivity index is 1.95. The summed E-state index contributed by atoms with van der Waals surface area (Å²) in [6.45, 7) is 2.25. The highest BCUT2D eigenvalue weighted by atomic mass is 15.2. The standard InChI is InChI=1S/C16H26N2/c1-2-3-4-8-11-15(18-17)16(12-13-16)14-9-6-5-7-10-14/h5-7,9-10,15,18H,2-4,8,11-13,17H2,1H3. The molecule has 0 aromatic heterocycles. The molecule has 0 spiro atoms. The number of hydrazine groups is 1. The lowest BCUT2D eigenvalue weighted by molar-refractivity contribution is 0.383. The molecule has 1 aromatic rings. The Morgan fingerprint density at radius 1 is 1.17 bits per heavy atom. The molecule has 18 heavy (non-hydrogen) atoms. The molecule has 0 radical (unpaired) electrons. The molecule has 1 aliphatic carbocycles. The van der Waals surface area contributed by atoms with Crippen molar-refractivity contribution in [2.45, 2.75) is 63.3 Å². The smallest absolute Gasteiger partial charge is 0.0307 e. The van der Waals surface area contributed by atoms with Gasteiger partial charge in [0.05, 0.1) is 0 Å². The Hall–Kier alpha value is -0.860. The number of hydrogen-bond acceptors (Lipinski definition) is 2. The van der Waals surface area contributed by atoms with Gasteiger partial charge in [0.1, 0.15) is 0 Å². The summed E-state index contributed by atoms with van der Waals surface area (Å²) in [6, 6.07) is 11.3. The lowest BCUT2D eigenvalue weighted by Gasteiger charge is -2.27. The van der Waals surface area contributed by atoms with Crippen molar-refractivity contribution in [3.05, 3.63) is 35.9 Å². The minimum Gasteiger partial charge on any atom is -0.271 e. The molecular weight excluding hydrogens is 220 g/mol. The van der Waals surface area contributed by atoms with Crippen molar-refractivity contribution in [2.75, 3.05) is 0 Å². The molecule has 1 aromatic carbocycles. The first-order valence-electron chi connectivity index (χ1n) is 7.35. The molecule has 1 unspecified atom stereocenters. The summed E-state index contributed by atoms with van der Waals surface area (Å²) in [5, 5.41) is 0. The third kappa shape index (κ3) is 2.93. The number of nitrogens with one attached hydrogen (secondary N) is 1. The van der Waals surface area contributed by atoms with Gasteiger partial charge < -0.3 is 0 Å². The van der Waals surface area contributed by atoms with Gasteiger partial charge in [0.15, 0.2) is 0 Å². The van der Waals surface area contributed by atoms with Crippen LogP contribution >= 0.6 is 0 Å². The van der Waals surface area contributed by atoms with Crippen LogP contribution in [0.1, 0.15) is 57.4 Å². The van der Waals surface area contributed by atoms with Gasteiger partial charge in [-0.25, -0.2) is 0 Å². The van der Waals surface area contributed by atoms with E-state index in [-0.39, 0.29) is 0 Å². The third-order valence-electron chi connectivity index (χ3n) is 4.35. The molecule has 0 heterocycles. The molecule has 2 nitrogen and oxygen atoms in total. The summed E-state index contributed by atoms with van der Waals surface area (Å²) in [7, 11) is 0. The fourth-order valence-corrected chi connectivity index (χ4v) is 3.04. The summed E-state index contributed by atoms with van der Waals surface area (Å²) >= 11 is 0. The van der Waals surface area contributed by atoms with Crippen molar-refractivity contribution >= 4 is 0 Å². The van der Waals surface area contributed by atoms with Crippen LogP contribution < -0.4 is 11.3 Å². The fourth-order valence-electron chi connectivity index (χ4n) is 3.04. The molecule has 0 bridgehead atoms. The van der Waals surface area contributed by atoms with Crippen LogP contribution in [0.2, 0.25) is 0 Å². The summed E-state index contributed by atoms with van der Waals surface area (Å²) in [5.74, 6) is 5.80. The number of hydrogen-bond donors (Lipinski definition) is 2. The maximum absolute atomic E-state index is 5.80. The van der Waals surface area contributed by atoms with Crippen LogP contribution in [0.25, 0.3) is 0 Å². The molecule has 100 valence electrons. The summed E-state index contributed by atoms with van der Waals surface area (Å²) in [5.41, 5.74) is 4.86. The zero-order valence-corrected chi connectivity index (χ0v) is 11.5. The zero-order chi connectivity index (χ0) is 12.8. The minimum absolute atomic E-state index is 0.322. The molecule has 1 saturated carbocycles. The second-order valence-corrected chi connectivity index (χ2v) is 5.59. The van der Waals surface area contributed by atoms with E-state index in [4.69, 9.17) is 5.84 Å². The van der Waals surface area contributed by atoms with Crippen molar-refractivity contribution in [1.29, 1.82) is 0 Å². The van der Waals surface area contributed by atoms with Crippen molar-refractivity contribution < 1.29 is 0 Å². The average molecular weight is 246 g/mol. The lowest BCUT2D eigenvalue weighted by atomic mass is 9.85. The molecule has 3 N–H and O–H groups in total. The maximum atomic E-state index is 5.80. The Morgan fingerprint density at radius 3 is 2.44 bits per heavy atom. The number of benzene rings is 1. The normalized spacial score (nSPS) is 18.6. The van der Waals surface area contributed by atoms with Gasteiger partial charge >= 0.3 is 0 Å². The van der Waals surface area contributed by atoms with Gasteiger partial charge in [0.2, 0.25) is 0 Å². The SMILES string of the molecule is CCCCCCC(NN)C1(c2ccccc2)CC1. The van der Waals surface area contributed by atoms with Gasteiger partial charge in [-0.3, -0.25) is 11.3 Å². The van der Waals surface area contributed by atoms with Crippen molar-refractivity contribution in [3.63, 3.8) is 0 Å². The number of nitrogens with two attached hydrogens (primary N) is 1. The quantitative estimate of drug-likeness (QED) is 0.418. The first-order chi connectivity index (χ1) is 8.83. The van der Waals surface area contributed by atoms with Crippen LogP contribution in [0, 0.1) is 0 Å². The largest absolute Gasteiger partial charge is 0.271 e. The van der Waals surface area contributed by atoms with E-state index in [9.17, 15) is 0 Å². The van der Waals surface area contributed by atoms with Gasteiger partial charge in [-0.2, -0.15) is 0 Å². The highest BCUT2D eigenvalue weighted by molar-refractivity contribution is 5.33. The number of unbranched alkanes of at least 4 members (excludes halogenated alkanes) is 3. The lowest BCUT2D eigenvalue weighted by Crippen LogP contribution is -2.44. The van der Waals surface area contributed by atoms with E-state index in [0.717, 1.165) is 0 Å². The van der Waals surface area contributed by atoms with Crippen LogP contribution in [-0.2, 0) is 5.41 Å². The maximum Gasteiger partial charge on any atom is 0.0307 e. The first-order valence-corrected chi connectivity index (χ1v) is 7.35. The van der Waals surface area contributed by atoms with Gasteiger partial charge in [0.25, 0.3) is 0 Å². The molecule has 1 aliphatic rings. The van der Waals surface area contributed by atoms with Crippen molar-refractivity contribution in [3.8, 4) is 0 Å².